The molecule has 1 aliphatic rings. The summed E-state index contributed by atoms with van der Waals surface area (Å²) in [4.78, 5) is 30.6. The Morgan fingerprint density at radius 1 is 1.36 bits per heavy atom. The van der Waals surface area contributed by atoms with E-state index in [1.165, 1.54) is 11.3 Å². The first kappa shape index (κ1) is 20.3. The Kier molecular flexibility index (Phi) is 6.99. The van der Waals surface area contributed by atoms with Gasteiger partial charge in [0.1, 0.15) is 0 Å². The highest BCUT2D eigenvalue weighted by Crippen LogP contribution is 2.33. The summed E-state index contributed by atoms with van der Waals surface area (Å²) < 4.78 is 7.46. The molecule has 2 aromatic heterocycles. The van der Waals surface area contributed by atoms with Crippen molar-refractivity contribution in [1.29, 1.82) is 0 Å². The second kappa shape index (κ2) is 9.65. The van der Waals surface area contributed by atoms with Gasteiger partial charge in [-0.1, -0.05) is 11.3 Å². The summed E-state index contributed by atoms with van der Waals surface area (Å²) in [5.41, 5.74) is 0. The maximum atomic E-state index is 12.2. The minimum atomic E-state index is -0.390. The van der Waals surface area contributed by atoms with Gasteiger partial charge in [-0.25, -0.2) is 9.78 Å². The van der Waals surface area contributed by atoms with Crippen LogP contribution in [-0.4, -0.2) is 52.3 Å². The molecule has 1 fully saturated rings. The topological polar surface area (TPSA) is 101 Å². The van der Waals surface area contributed by atoms with Crippen LogP contribution in [-0.2, 0) is 16.1 Å². The second-order valence-electron chi connectivity index (χ2n) is 6.86. The fourth-order valence-electron chi connectivity index (χ4n) is 2.87. The van der Waals surface area contributed by atoms with Crippen molar-refractivity contribution >= 4 is 34.2 Å². The lowest BCUT2D eigenvalue weighted by Gasteiger charge is -2.20. The standard InChI is InChI=1S/C18H26N6O3S/c1-23(2)16(25)7-5-9-24-10-8-15(22-24)20-17(26)21-18-19-12-14(28-18)13-6-3-4-11-27-13/h8,10,12-13H,3-7,9,11H2,1-2H3,(H2,19,20,21,22,26). The van der Waals surface area contributed by atoms with Crippen LogP contribution >= 0.6 is 11.3 Å². The number of rotatable bonds is 7. The number of nitrogens with one attached hydrogen (secondary N) is 2. The maximum Gasteiger partial charge on any atom is 0.326 e. The van der Waals surface area contributed by atoms with Crippen molar-refractivity contribution in [3.8, 4) is 0 Å². The highest BCUT2D eigenvalue weighted by molar-refractivity contribution is 7.15. The van der Waals surface area contributed by atoms with Crippen LogP contribution in [0.15, 0.2) is 18.5 Å². The molecule has 2 N–H and O–H groups in total. The molecule has 3 rings (SSSR count). The zero-order chi connectivity index (χ0) is 19.9. The monoisotopic (exact) mass is 406 g/mol. The van der Waals surface area contributed by atoms with Crippen molar-refractivity contribution in [2.75, 3.05) is 31.3 Å². The Balaban J connectivity index is 1.44. The van der Waals surface area contributed by atoms with Gasteiger partial charge in [0.25, 0.3) is 0 Å². The van der Waals surface area contributed by atoms with Gasteiger partial charge in [0.05, 0.1) is 11.0 Å². The molecular formula is C18H26N6O3S. The number of thiazole rings is 1. The number of amides is 3. The van der Waals surface area contributed by atoms with Gasteiger partial charge in [0.15, 0.2) is 10.9 Å². The van der Waals surface area contributed by atoms with Gasteiger partial charge in [-0.15, -0.1) is 0 Å². The zero-order valence-corrected chi connectivity index (χ0v) is 17.0. The number of hydrogen-bond acceptors (Lipinski definition) is 6. The average Bonchev–Trinajstić information content (AvgIpc) is 3.32. The minimum Gasteiger partial charge on any atom is -0.373 e. The Hall–Kier alpha value is -2.46. The maximum absolute atomic E-state index is 12.2. The van der Waals surface area contributed by atoms with Crippen molar-refractivity contribution in [2.24, 2.45) is 0 Å². The second-order valence-corrected chi connectivity index (χ2v) is 7.92. The predicted molar refractivity (Wildman–Crippen MR) is 107 cm³/mol. The van der Waals surface area contributed by atoms with Gasteiger partial charge in [-0.3, -0.25) is 20.1 Å². The lowest BCUT2D eigenvalue weighted by atomic mass is 10.1. The van der Waals surface area contributed by atoms with Crippen LogP contribution < -0.4 is 10.6 Å². The number of ether oxygens (including phenoxy) is 1. The summed E-state index contributed by atoms with van der Waals surface area (Å²) in [7, 11) is 3.48. The Labute approximate surface area is 168 Å². The van der Waals surface area contributed by atoms with Gasteiger partial charge in [-0.2, -0.15) is 5.10 Å². The largest absolute Gasteiger partial charge is 0.373 e. The number of anilines is 2. The summed E-state index contributed by atoms with van der Waals surface area (Å²) in [6, 6.07) is 1.33. The number of aryl methyl sites for hydroxylation is 1. The summed E-state index contributed by atoms with van der Waals surface area (Å²) in [6.07, 6.45) is 8.02. The molecular weight excluding hydrogens is 380 g/mol. The van der Waals surface area contributed by atoms with E-state index < -0.39 is 6.03 Å². The molecule has 1 unspecified atom stereocenters. The molecule has 3 amide bonds. The van der Waals surface area contributed by atoms with Crippen LogP contribution in [0.4, 0.5) is 15.7 Å². The van der Waals surface area contributed by atoms with E-state index in [1.54, 1.807) is 42.1 Å². The number of carbonyl (C=O) groups is 2. The minimum absolute atomic E-state index is 0.0833. The van der Waals surface area contributed by atoms with E-state index >= 15 is 0 Å². The van der Waals surface area contributed by atoms with Gasteiger partial charge in [0.2, 0.25) is 5.91 Å². The molecule has 2 aromatic rings. The van der Waals surface area contributed by atoms with Crippen LogP contribution in [0.25, 0.3) is 0 Å². The molecule has 3 heterocycles. The summed E-state index contributed by atoms with van der Waals surface area (Å²) in [5, 5.41) is 10.3. The molecule has 1 aliphatic heterocycles. The number of carbonyl (C=O) groups excluding carboxylic acids is 2. The third-order valence-corrected chi connectivity index (χ3v) is 5.40. The third kappa shape index (κ3) is 5.77. The zero-order valence-electron chi connectivity index (χ0n) is 16.2. The van der Waals surface area contributed by atoms with Gasteiger partial charge in [0, 0.05) is 52.1 Å². The van der Waals surface area contributed by atoms with Crippen LogP contribution in [0, 0.1) is 0 Å². The first-order chi connectivity index (χ1) is 13.5. The molecule has 0 radical (unpaired) electrons. The van der Waals surface area contributed by atoms with Crippen LogP contribution in [0.5, 0.6) is 0 Å². The van der Waals surface area contributed by atoms with E-state index in [-0.39, 0.29) is 12.0 Å². The fraction of sp³-hybridized carbons (Fsp3) is 0.556. The highest BCUT2D eigenvalue weighted by atomic mass is 32.1. The quantitative estimate of drug-likeness (QED) is 0.736. The van der Waals surface area contributed by atoms with Crippen LogP contribution in [0.1, 0.15) is 43.1 Å². The molecule has 1 saturated heterocycles. The van der Waals surface area contributed by atoms with E-state index in [4.69, 9.17) is 4.74 Å². The van der Waals surface area contributed by atoms with E-state index in [2.05, 4.69) is 20.7 Å². The molecule has 1 atom stereocenters. The first-order valence-electron chi connectivity index (χ1n) is 9.40. The van der Waals surface area contributed by atoms with Crippen molar-refractivity contribution < 1.29 is 14.3 Å². The van der Waals surface area contributed by atoms with Gasteiger partial charge in [-0.05, 0) is 25.7 Å². The number of hydrogen-bond donors (Lipinski definition) is 2. The van der Waals surface area contributed by atoms with Gasteiger partial charge >= 0.3 is 6.03 Å². The molecule has 0 bridgehead atoms. The smallest absolute Gasteiger partial charge is 0.326 e. The molecule has 152 valence electrons. The summed E-state index contributed by atoms with van der Waals surface area (Å²) in [6.45, 7) is 1.39. The number of aromatic nitrogens is 3. The molecule has 28 heavy (non-hydrogen) atoms. The van der Waals surface area contributed by atoms with Crippen molar-refractivity contribution in [3.63, 3.8) is 0 Å². The molecule has 9 nitrogen and oxygen atoms in total. The number of urea groups is 1. The molecule has 0 spiro atoms. The number of nitrogens with zero attached hydrogens (tertiary/aromatic N) is 4. The SMILES string of the molecule is CN(C)C(=O)CCCn1ccc(NC(=O)Nc2ncc(C3CCCCO3)s2)n1. The highest BCUT2D eigenvalue weighted by Gasteiger charge is 2.19. The molecule has 0 aromatic carbocycles. The molecule has 0 aliphatic carbocycles. The van der Waals surface area contributed by atoms with Crippen molar-refractivity contribution in [1.82, 2.24) is 19.7 Å². The Morgan fingerprint density at radius 2 is 2.21 bits per heavy atom. The lowest BCUT2D eigenvalue weighted by Crippen LogP contribution is -2.21. The average molecular weight is 407 g/mol. The normalized spacial score (nSPS) is 16.6. The fourth-order valence-corrected chi connectivity index (χ4v) is 3.77. The third-order valence-electron chi connectivity index (χ3n) is 4.40. The van der Waals surface area contributed by atoms with Gasteiger partial charge < -0.3 is 9.64 Å². The van der Waals surface area contributed by atoms with Crippen molar-refractivity contribution in [2.45, 2.75) is 44.8 Å². The Bertz CT molecular complexity index is 797. The lowest BCUT2D eigenvalue weighted by molar-refractivity contribution is -0.128. The summed E-state index contributed by atoms with van der Waals surface area (Å²) >= 11 is 1.43. The molecule has 0 saturated carbocycles. The van der Waals surface area contributed by atoms with Crippen molar-refractivity contribution in [3.05, 3.63) is 23.3 Å². The Morgan fingerprint density at radius 3 is 2.96 bits per heavy atom. The van der Waals surface area contributed by atoms with E-state index in [0.29, 0.717) is 30.3 Å². The predicted octanol–water partition coefficient (Wildman–Crippen LogP) is 3.09. The summed E-state index contributed by atoms with van der Waals surface area (Å²) in [5.74, 6) is 0.537. The molecule has 10 heteroatoms. The van der Waals surface area contributed by atoms with E-state index in [9.17, 15) is 9.59 Å². The van der Waals surface area contributed by atoms with Crippen LogP contribution in [0.3, 0.4) is 0 Å². The van der Waals surface area contributed by atoms with E-state index in [1.807, 2.05) is 0 Å². The van der Waals surface area contributed by atoms with E-state index in [0.717, 1.165) is 30.7 Å². The first-order valence-corrected chi connectivity index (χ1v) is 10.2. The van der Waals surface area contributed by atoms with Crippen LogP contribution in [0.2, 0.25) is 0 Å².